The fourth-order valence-electron chi connectivity index (χ4n) is 0.829. The van der Waals surface area contributed by atoms with E-state index in [0.717, 1.165) is 0 Å². The van der Waals surface area contributed by atoms with Crippen LogP contribution in [0.3, 0.4) is 0 Å². The van der Waals surface area contributed by atoms with Crippen LogP contribution in [0.2, 0.25) is 0 Å². The van der Waals surface area contributed by atoms with Crippen LogP contribution in [-0.4, -0.2) is 19.3 Å². The maximum absolute atomic E-state index is 10.7. The van der Waals surface area contributed by atoms with Gasteiger partial charge in [-0.05, 0) is 18.2 Å². The summed E-state index contributed by atoms with van der Waals surface area (Å²) in [5.41, 5.74) is -0.0642. The molecular weight excluding hydrogens is 260 g/mol. The van der Waals surface area contributed by atoms with Gasteiger partial charge in [0.15, 0.2) is 6.29 Å². The van der Waals surface area contributed by atoms with Crippen LogP contribution < -0.4 is 0 Å². The number of hydrogen-bond acceptors (Lipinski definition) is 3. The third-order valence-electron chi connectivity index (χ3n) is 1.38. The molecule has 6 heteroatoms. The fourth-order valence-corrected chi connectivity index (χ4v) is 2.03. The number of rotatable bonds is 2. The fraction of sp³-hybridized carbons (Fsp3) is 0. The van der Waals surface area contributed by atoms with Crippen molar-refractivity contribution >= 4 is 32.3 Å². The molecule has 0 fully saturated rings. The van der Waals surface area contributed by atoms with Crippen molar-refractivity contribution in [1.82, 2.24) is 0 Å². The molecule has 0 radical (unpaired) electrons. The summed E-state index contributed by atoms with van der Waals surface area (Å²) >= 11 is 3.03. The number of carbonyl (C=O) groups excluding carboxylic acids is 1. The summed E-state index contributed by atoms with van der Waals surface area (Å²) in [5.74, 6) is 0. The highest BCUT2D eigenvalue weighted by molar-refractivity contribution is 9.10. The summed E-state index contributed by atoms with van der Waals surface area (Å²) in [6.07, 6.45) is 0.371. The van der Waals surface area contributed by atoms with E-state index in [-0.39, 0.29) is 5.56 Å². The molecule has 0 bridgehead atoms. The smallest absolute Gasteiger partial charge is 0.295 e. The molecule has 0 heterocycles. The highest BCUT2D eigenvalue weighted by Crippen LogP contribution is 2.19. The largest absolute Gasteiger partial charge is 0.298 e. The summed E-state index contributed by atoms with van der Waals surface area (Å²) in [7, 11) is -4.33. The molecular formula is C7H5BrO4S. The number of hydrogen-bond donors (Lipinski definition) is 1. The van der Waals surface area contributed by atoms with E-state index in [2.05, 4.69) is 15.9 Å². The van der Waals surface area contributed by atoms with Gasteiger partial charge in [-0.25, -0.2) is 0 Å². The molecule has 0 saturated heterocycles. The second kappa shape index (κ2) is 3.57. The SMILES string of the molecule is O=Cc1ccc(Br)cc1S(=O)(=O)O. The Morgan fingerprint density at radius 2 is 2.00 bits per heavy atom. The Bertz CT molecular complexity index is 438. The summed E-state index contributed by atoms with van der Waals surface area (Å²) in [5, 5.41) is 0. The van der Waals surface area contributed by atoms with Crippen molar-refractivity contribution in [2.24, 2.45) is 0 Å². The van der Waals surface area contributed by atoms with E-state index in [1.165, 1.54) is 18.2 Å². The van der Waals surface area contributed by atoms with Crippen LogP contribution in [-0.2, 0) is 10.1 Å². The first-order valence-corrected chi connectivity index (χ1v) is 5.40. The number of aldehydes is 1. The maximum atomic E-state index is 10.7. The standard InChI is InChI=1S/C7H5BrO4S/c8-6-2-1-5(4-9)7(3-6)13(10,11)12/h1-4H,(H,10,11,12). The Hall–Kier alpha value is -0.720. The lowest BCUT2D eigenvalue weighted by Crippen LogP contribution is -2.02. The normalized spacial score (nSPS) is 11.2. The molecule has 1 N–H and O–H groups in total. The molecule has 0 aliphatic rings. The number of carbonyl (C=O) groups is 1. The zero-order chi connectivity index (χ0) is 10.1. The molecule has 0 spiro atoms. The Morgan fingerprint density at radius 1 is 1.38 bits per heavy atom. The molecule has 0 amide bonds. The quantitative estimate of drug-likeness (QED) is 0.649. The molecule has 0 aromatic heterocycles. The lowest BCUT2D eigenvalue weighted by Gasteiger charge is -2.00. The van der Waals surface area contributed by atoms with Crippen LogP contribution in [0.25, 0.3) is 0 Å². The average molecular weight is 265 g/mol. The molecule has 0 aliphatic carbocycles. The maximum Gasteiger partial charge on any atom is 0.295 e. The summed E-state index contributed by atoms with van der Waals surface area (Å²) in [6.45, 7) is 0. The van der Waals surface area contributed by atoms with E-state index in [1.54, 1.807) is 0 Å². The minimum atomic E-state index is -4.33. The van der Waals surface area contributed by atoms with Crippen molar-refractivity contribution in [1.29, 1.82) is 0 Å². The zero-order valence-corrected chi connectivity index (χ0v) is 8.67. The molecule has 1 aromatic carbocycles. The Labute approximate surface area is 83.5 Å². The Balaban J connectivity index is 3.50. The minimum absolute atomic E-state index is 0.0642. The van der Waals surface area contributed by atoms with Gasteiger partial charge in [0, 0.05) is 10.0 Å². The molecule has 4 nitrogen and oxygen atoms in total. The van der Waals surface area contributed by atoms with E-state index in [1.807, 2.05) is 0 Å². The molecule has 1 rings (SSSR count). The van der Waals surface area contributed by atoms with Crippen LogP contribution in [0.1, 0.15) is 10.4 Å². The predicted molar refractivity (Wildman–Crippen MR) is 49.3 cm³/mol. The van der Waals surface area contributed by atoms with Crippen molar-refractivity contribution < 1.29 is 17.8 Å². The van der Waals surface area contributed by atoms with Gasteiger partial charge in [0.05, 0.1) is 0 Å². The van der Waals surface area contributed by atoms with E-state index >= 15 is 0 Å². The first-order chi connectivity index (χ1) is 5.95. The van der Waals surface area contributed by atoms with Crippen molar-refractivity contribution in [2.75, 3.05) is 0 Å². The summed E-state index contributed by atoms with van der Waals surface area (Å²) in [6, 6.07) is 3.98. The first kappa shape index (κ1) is 10.4. The topological polar surface area (TPSA) is 71.4 Å². The first-order valence-electron chi connectivity index (χ1n) is 3.17. The van der Waals surface area contributed by atoms with Gasteiger partial charge in [-0.15, -0.1) is 0 Å². The van der Waals surface area contributed by atoms with Gasteiger partial charge in [-0.3, -0.25) is 9.35 Å². The van der Waals surface area contributed by atoms with Crippen LogP contribution in [0.4, 0.5) is 0 Å². The van der Waals surface area contributed by atoms with Crippen molar-refractivity contribution in [2.45, 2.75) is 4.90 Å². The molecule has 1 aromatic rings. The van der Waals surface area contributed by atoms with Gasteiger partial charge in [0.2, 0.25) is 0 Å². The van der Waals surface area contributed by atoms with Crippen LogP contribution >= 0.6 is 15.9 Å². The van der Waals surface area contributed by atoms with Gasteiger partial charge in [0.25, 0.3) is 10.1 Å². The van der Waals surface area contributed by atoms with E-state index in [9.17, 15) is 13.2 Å². The van der Waals surface area contributed by atoms with Crippen LogP contribution in [0, 0.1) is 0 Å². The van der Waals surface area contributed by atoms with Crippen LogP contribution in [0.15, 0.2) is 27.6 Å². The third kappa shape index (κ3) is 2.36. The second-order valence-corrected chi connectivity index (χ2v) is 4.58. The monoisotopic (exact) mass is 264 g/mol. The van der Waals surface area contributed by atoms with Gasteiger partial charge < -0.3 is 0 Å². The molecule has 0 unspecified atom stereocenters. The second-order valence-electron chi connectivity index (χ2n) is 2.28. The van der Waals surface area contributed by atoms with E-state index in [4.69, 9.17) is 4.55 Å². The Morgan fingerprint density at radius 3 is 2.46 bits per heavy atom. The van der Waals surface area contributed by atoms with Crippen LogP contribution in [0.5, 0.6) is 0 Å². The predicted octanol–water partition coefficient (Wildman–Crippen LogP) is 1.51. The number of benzene rings is 1. The zero-order valence-electron chi connectivity index (χ0n) is 6.27. The summed E-state index contributed by atoms with van der Waals surface area (Å²) < 4.78 is 30.7. The lowest BCUT2D eigenvalue weighted by atomic mass is 10.2. The highest BCUT2D eigenvalue weighted by Gasteiger charge is 2.14. The van der Waals surface area contributed by atoms with Gasteiger partial charge in [0.1, 0.15) is 4.90 Å². The highest BCUT2D eigenvalue weighted by atomic mass is 79.9. The third-order valence-corrected chi connectivity index (χ3v) is 2.78. The molecule has 70 valence electrons. The minimum Gasteiger partial charge on any atom is -0.298 e. The molecule has 13 heavy (non-hydrogen) atoms. The summed E-state index contributed by atoms with van der Waals surface area (Å²) in [4.78, 5) is 10.0. The van der Waals surface area contributed by atoms with Gasteiger partial charge >= 0.3 is 0 Å². The van der Waals surface area contributed by atoms with Gasteiger partial charge in [-0.2, -0.15) is 8.42 Å². The molecule has 0 aliphatic heterocycles. The molecule has 0 saturated carbocycles. The van der Waals surface area contributed by atoms with Crippen molar-refractivity contribution in [3.8, 4) is 0 Å². The average Bonchev–Trinajstić information content (AvgIpc) is 2.03. The lowest BCUT2D eigenvalue weighted by molar-refractivity contribution is 0.112. The van der Waals surface area contributed by atoms with E-state index < -0.39 is 15.0 Å². The number of halogens is 1. The van der Waals surface area contributed by atoms with Gasteiger partial charge in [-0.1, -0.05) is 15.9 Å². The van der Waals surface area contributed by atoms with E-state index in [0.29, 0.717) is 10.8 Å². The van der Waals surface area contributed by atoms with Crippen molar-refractivity contribution in [3.63, 3.8) is 0 Å². The Kier molecular flexibility index (Phi) is 2.84. The molecule has 0 atom stereocenters. The van der Waals surface area contributed by atoms with Crippen molar-refractivity contribution in [3.05, 3.63) is 28.2 Å².